The highest BCUT2D eigenvalue weighted by molar-refractivity contribution is 6.00. The molecule has 0 amide bonds. The average Bonchev–Trinajstić information content (AvgIpc) is 2.55. The lowest BCUT2D eigenvalue weighted by Gasteiger charge is -2.27. The molecule has 0 aliphatic carbocycles. The molecule has 1 aromatic rings. The largest absolute Gasteiger partial charge is 0.465 e. The van der Waals surface area contributed by atoms with Crippen molar-refractivity contribution < 1.29 is 19.1 Å². The van der Waals surface area contributed by atoms with Crippen LogP contribution >= 0.6 is 0 Å². The minimum atomic E-state index is -1.23. The molecule has 4 nitrogen and oxygen atoms in total. The Morgan fingerprint density at radius 3 is 2.22 bits per heavy atom. The maximum atomic E-state index is 12.7. The summed E-state index contributed by atoms with van der Waals surface area (Å²) in [5.41, 5.74) is -0.368. The van der Waals surface area contributed by atoms with Gasteiger partial charge in [-0.15, -0.1) is 0 Å². The van der Waals surface area contributed by atoms with Crippen LogP contribution < -0.4 is 4.74 Å². The summed E-state index contributed by atoms with van der Waals surface area (Å²) in [5, 5.41) is 0. The molecule has 4 heteroatoms. The normalized spacial score (nSPS) is 11.1. The smallest absolute Gasteiger partial charge is 0.328 e. The maximum Gasteiger partial charge on any atom is 0.328 e. The Morgan fingerprint density at radius 1 is 1.00 bits per heavy atom. The summed E-state index contributed by atoms with van der Waals surface area (Å²) in [7, 11) is 0. The Bertz CT molecular complexity index is 518. The fourth-order valence-electron chi connectivity index (χ4n) is 2.43. The SMILES string of the molecule is CCCCCOC(=O)C(CC)(CC)C(=O)Oc1ccccc1C. The van der Waals surface area contributed by atoms with Gasteiger partial charge >= 0.3 is 11.9 Å². The summed E-state index contributed by atoms with van der Waals surface area (Å²) in [6.07, 6.45) is 3.60. The van der Waals surface area contributed by atoms with Gasteiger partial charge in [-0.2, -0.15) is 0 Å². The summed E-state index contributed by atoms with van der Waals surface area (Å²) in [6.45, 7) is 7.94. The predicted octanol–water partition coefficient (Wildman–Crippen LogP) is 4.44. The van der Waals surface area contributed by atoms with Crippen molar-refractivity contribution in [3.8, 4) is 5.75 Å². The van der Waals surface area contributed by atoms with Crippen LogP contribution in [0, 0.1) is 12.3 Å². The maximum absolute atomic E-state index is 12.7. The van der Waals surface area contributed by atoms with E-state index < -0.39 is 17.4 Å². The van der Waals surface area contributed by atoms with E-state index in [4.69, 9.17) is 9.47 Å². The number of carbonyl (C=O) groups excluding carboxylic acids is 2. The van der Waals surface area contributed by atoms with Gasteiger partial charge in [-0.3, -0.25) is 9.59 Å². The molecule has 1 aromatic carbocycles. The van der Waals surface area contributed by atoms with E-state index in [2.05, 4.69) is 6.92 Å². The molecule has 0 aromatic heterocycles. The average molecular weight is 320 g/mol. The van der Waals surface area contributed by atoms with Crippen LogP contribution in [0.3, 0.4) is 0 Å². The molecular weight excluding hydrogens is 292 g/mol. The van der Waals surface area contributed by atoms with E-state index in [1.165, 1.54) is 0 Å². The number of aryl methyl sites for hydroxylation is 1. The number of benzene rings is 1. The van der Waals surface area contributed by atoms with Gasteiger partial charge in [-0.1, -0.05) is 51.8 Å². The first-order chi connectivity index (χ1) is 11.0. The van der Waals surface area contributed by atoms with E-state index in [9.17, 15) is 9.59 Å². The van der Waals surface area contributed by atoms with Gasteiger partial charge in [0.2, 0.25) is 0 Å². The van der Waals surface area contributed by atoms with Crippen molar-refractivity contribution in [1.82, 2.24) is 0 Å². The lowest BCUT2D eigenvalue weighted by Crippen LogP contribution is -2.42. The third-order valence-corrected chi connectivity index (χ3v) is 4.27. The van der Waals surface area contributed by atoms with Crippen LogP contribution in [0.25, 0.3) is 0 Å². The monoisotopic (exact) mass is 320 g/mol. The standard InChI is InChI=1S/C19H28O4/c1-5-8-11-14-22-17(20)19(6-2,7-3)18(21)23-16-13-10-9-12-15(16)4/h9-10,12-13H,5-8,11,14H2,1-4H3. The van der Waals surface area contributed by atoms with E-state index in [0.29, 0.717) is 25.2 Å². The van der Waals surface area contributed by atoms with Gasteiger partial charge in [0.25, 0.3) is 0 Å². The highest BCUT2D eigenvalue weighted by Gasteiger charge is 2.46. The van der Waals surface area contributed by atoms with Crippen LogP contribution in [0.1, 0.15) is 58.4 Å². The second-order valence-electron chi connectivity index (χ2n) is 5.79. The van der Waals surface area contributed by atoms with Crippen molar-refractivity contribution in [3.63, 3.8) is 0 Å². The molecule has 0 bridgehead atoms. The first-order valence-corrected chi connectivity index (χ1v) is 8.47. The molecule has 128 valence electrons. The highest BCUT2D eigenvalue weighted by atomic mass is 16.6. The Hall–Kier alpha value is -1.84. The van der Waals surface area contributed by atoms with Gasteiger partial charge in [0.05, 0.1) is 6.61 Å². The Balaban J connectivity index is 2.84. The molecule has 0 fully saturated rings. The van der Waals surface area contributed by atoms with Crippen LogP contribution in [0.15, 0.2) is 24.3 Å². The Labute approximate surface area is 139 Å². The van der Waals surface area contributed by atoms with E-state index >= 15 is 0 Å². The fourth-order valence-corrected chi connectivity index (χ4v) is 2.43. The lowest BCUT2D eigenvalue weighted by molar-refractivity contribution is -0.168. The first kappa shape index (κ1) is 19.2. The number of unbranched alkanes of at least 4 members (excludes halogenated alkanes) is 2. The van der Waals surface area contributed by atoms with Crippen molar-refractivity contribution in [3.05, 3.63) is 29.8 Å². The number of carbonyl (C=O) groups is 2. The van der Waals surface area contributed by atoms with Gasteiger partial charge in [-0.05, 0) is 37.8 Å². The number of para-hydroxylation sites is 1. The summed E-state index contributed by atoms with van der Waals surface area (Å²) in [4.78, 5) is 25.1. The third-order valence-electron chi connectivity index (χ3n) is 4.27. The van der Waals surface area contributed by atoms with Gasteiger partial charge in [0.1, 0.15) is 5.75 Å². The van der Waals surface area contributed by atoms with Crippen molar-refractivity contribution >= 4 is 11.9 Å². The van der Waals surface area contributed by atoms with Crippen LogP contribution in [-0.2, 0) is 14.3 Å². The van der Waals surface area contributed by atoms with Gasteiger partial charge in [0.15, 0.2) is 5.41 Å². The van der Waals surface area contributed by atoms with E-state index in [0.717, 1.165) is 24.8 Å². The topological polar surface area (TPSA) is 52.6 Å². The zero-order valence-corrected chi connectivity index (χ0v) is 14.7. The van der Waals surface area contributed by atoms with Crippen LogP contribution in [0.5, 0.6) is 5.75 Å². The van der Waals surface area contributed by atoms with E-state index in [1.54, 1.807) is 12.1 Å². The van der Waals surface area contributed by atoms with Crippen molar-refractivity contribution in [2.24, 2.45) is 5.41 Å². The predicted molar refractivity (Wildman–Crippen MR) is 90.3 cm³/mol. The molecule has 0 aliphatic rings. The molecule has 0 aliphatic heterocycles. The molecule has 0 saturated heterocycles. The molecule has 1 rings (SSSR count). The van der Waals surface area contributed by atoms with Crippen LogP contribution in [-0.4, -0.2) is 18.5 Å². The summed E-state index contributed by atoms with van der Waals surface area (Å²) >= 11 is 0. The first-order valence-electron chi connectivity index (χ1n) is 8.47. The molecular formula is C19H28O4. The molecule has 0 saturated carbocycles. The number of hydrogen-bond donors (Lipinski definition) is 0. The minimum absolute atomic E-state index is 0.353. The summed E-state index contributed by atoms with van der Waals surface area (Å²) in [5.74, 6) is -0.517. The van der Waals surface area contributed by atoms with Crippen LogP contribution in [0.2, 0.25) is 0 Å². The quantitative estimate of drug-likeness (QED) is 0.292. The summed E-state index contributed by atoms with van der Waals surface area (Å²) < 4.78 is 10.8. The Kier molecular flexibility index (Phi) is 7.79. The molecule has 0 spiro atoms. The molecule has 0 atom stereocenters. The van der Waals surface area contributed by atoms with Crippen molar-refractivity contribution in [2.45, 2.75) is 59.8 Å². The van der Waals surface area contributed by atoms with Crippen molar-refractivity contribution in [1.29, 1.82) is 0 Å². The van der Waals surface area contributed by atoms with E-state index in [1.807, 2.05) is 32.9 Å². The number of ether oxygens (including phenoxy) is 2. The number of rotatable bonds is 9. The van der Waals surface area contributed by atoms with Gasteiger partial charge in [-0.25, -0.2) is 0 Å². The molecule has 0 heterocycles. The minimum Gasteiger partial charge on any atom is -0.465 e. The molecule has 0 unspecified atom stereocenters. The second kappa shape index (κ2) is 9.33. The molecule has 23 heavy (non-hydrogen) atoms. The van der Waals surface area contributed by atoms with E-state index in [-0.39, 0.29) is 0 Å². The zero-order valence-electron chi connectivity index (χ0n) is 14.7. The summed E-state index contributed by atoms with van der Waals surface area (Å²) in [6, 6.07) is 7.28. The van der Waals surface area contributed by atoms with Gasteiger partial charge in [0, 0.05) is 0 Å². The third kappa shape index (κ3) is 4.81. The number of esters is 2. The van der Waals surface area contributed by atoms with Gasteiger partial charge < -0.3 is 9.47 Å². The zero-order chi connectivity index (χ0) is 17.3. The highest BCUT2D eigenvalue weighted by Crippen LogP contribution is 2.31. The molecule has 0 N–H and O–H groups in total. The lowest BCUT2D eigenvalue weighted by atomic mass is 9.82. The number of hydrogen-bond acceptors (Lipinski definition) is 4. The Morgan fingerprint density at radius 2 is 1.65 bits per heavy atom. The van der Waals surface area contributed by atoms with Crippen LogP contribution in [0.4, 0.5) is 0 Å². The van der Waals surface area contributed by atoms with Crippen molar-refractivity contribution in [2.75, 3.05) is 6.61 Å². The molecule has 0 radical (unpaired) electrons. The fraction of sp³-hybridized carbons (Fsp3) is 0.579. The second-order valence-corrected chi connectivity index (χ2v) is 5.79.